The van der Waals surface area contributed by atoms with Crippen LogP contribution in [0.5, 0.6) is 5.75 Å². The number of hydrogen-bond donors (Lipinski definition) is 2. The summed E-state index contributed by atoms with van der Waals surface area (Å²) in [5.74, 6) is 0.921. The van der Waals surface area contributed by atoms with E-state index in [4.69, 9.17) is 9.84 Å². The summed E-state index contributed by atoms with van der Waals surface area (Å²) in [5, 5.41) is 12.4. The molecule has 0 amide bonds. The summed E-state index contributed by atoms with van der Waals surface area (Å²) in [5.41, 5.74) is 1.21. The van der Waals surface area contributed by atoms with Crippen molar-refractivity contribution in [3.05, 3.63) is 29.8 Å². The zero-order valence-electron chi connectivity index (χ0n) is 10.8. The van der Waals surface area contributed by atoms with Gasteiger partial charge < -0.3 is 15.2 Å². The molecule has 17 heavy (non-hydrogen) atoms. The minimum absolute atomic E-state index is 0.186. The lowest BCUT2D eigenvalue weighted by molar-refractivity contribution is 0.238. The van der Waals surface area contributed by atoms with Crippen molar-refractivity contribution >= 4 is 0 Å². The molecule has 3 heteroatoms. The predicted molar refractivity (Wildman–Crippen MR) is 70.2 cm³/mol. The van der Waals surface area contributed by atoms with Crippen molar-refractivity contribution in [2.24, 2.45) is 0 Å². The quantitative estimate of drug-likeness (QED) is 0.729. The van der Waals surface area contributed by atoms with Crippen LogP contribution < -0.4 is 10.1 Å². The van der Waals surface area contributed by atoms with Crippen LogP contribution in [0.15, 0.2) is 24.3 Å². The molecule has 0 spiro atoms. The fourth-order valence-corrected chi connectivity index (χ4v) is 1.52. The summed E-state index contributed by atoms with van der Waals surface area (Å²) < 4.78 is 5.52. The second-order valence-electron chi connectivity index (χ2n) is 4.16. The Labute approximate surface area is 104 Å². The van der Waals surface area contributed by atoms with E-state index in [1.807, 2.05) is 12.1 Å². The van der Waals surface area contributed by atoms with Gasteiger partial charge in [-0.2, -0.15) is 0 Å². The molecule has 0 fully saturated rings. The SMILES string of the molecule is CCCOc1ccc(CN[C@H](CC)CO)cc1. The minimum atomic E-state index is 0.186. The maximum absolute atomic E-state index is 9.06. The second-order valence-corrected chi connectivity index (χ2v) is 4.16. The summed E-state index contributed by atoms with van der Waals surface area (Å²) in [6.45, 7) is 5.90. The fourth-order valence-electron chi connectivity index (χ4n) is 1.52. The van der Waals surface area contributed by atoms with E-state index in [1.54, 1.807) is 0 Å². The average Bonchev–Trinajstić information content (AvgIpc) is 2.39. The molecule has 0 bridgehead atoms. The van der Waals surface area contributed by atoms with Crippen molar-refractivity contribution in [3.63, 3.8) is 0 Å². The monoisotopic (exact) mass is 237 g/mol. The molecule has 0 aliphatic carbocycles. The van der Waals surface area contributed by atoms with Crippen LogP contribution in [0.2, 0.25) is 0 Å². The van der Waals surface area contributed by atoms with Gasteiger partial charge in [-0.15, -0.1) is 0 Å². The van der Waals surface area contributed by atoms with Gasteiger partial charge in [-0.1, -0.05) is 26.0 Å². The largest absolute Gasteiger partial charge is 0.494 e. The average molecular weight is 237 g/mol. The van der Waals surface area contributed by atoms with E-state index in [0.717, 1.165) is 31.7 Å². The lowest BCUT2D eigenvalue weighted by atomic mass is 10.2. The minimum Gasteiger partial charge on any atom is -0.494 e. The summed E-state index contributed by atoms with van der Waals surface area (Å²) in [6.07, 6.45) is 1.96. The van der Waals surface area contributed by atoms with E-state index in [2.05, 4.69) is 31.3 Å². The van der Waals surface area contributed by atoms with Crippen LogP contribution in [-0.4, -0.2) is 24.4 Å². The molecule has 1 aromatic carbocycles. The molecule has 0 aromatic heterocycles. The van der Waals surface area contributed by atoms with Crippen LogP contribution in [0.4, 0.5) is 0 Å². The van der Waals surface area contributed by atoms with Gasteiger partial charge in [-0.05, 0) is 30.5 Å². The fraction of sp³-hybridized carbons (Fsp3) is 0.571. The number of benzene rings is 1. The standard InChI is InChI=1S/C14H23NO2/c1-3-9-17-14-7-5-12(6-8-14)10-15-13(4-2)11-16/h5-8,13,15-16H,3-4,9-11H2,1-2H3/t13-/m1/s1. The van der Waals surface area contributed by atoms with Crippen molar-refractivity contribution in [3.8, 4) is 5.75 Å². The van der Waals surface area contributed by atoms with Crippen LogP contribution >= 0.6 is 0 Å². The van der Waals surface area contributed by atoms with Crippen molar-refractivity contribution in [2.45, 2.75) is 39.3 Å². The highest BCUT2D eigenvalue weighted by Crippen LogP contribution is 2.12. The molecular formula is C14H23NO2. The van der Waals surface area contributed by atoms with Crippen LogP contribution in [0.3, 0.4) is 0 Å². The number of aliphatic hydroxyl groups is 1. The van der Waals surface area contributed by atoms with Gasteiger partial charge in [0.2, 0.25) is 0 Å². The lowest BCUT2D eigenvalue weighted by Crippen LogP contribution is -2.31. The topological polar surface area (TPSA) is 41.5 Å². The number of hydrogen-bond acceptors (Lipinski definition) is 3. The molecular weight excluding hydrogens is 214 g/mol. The van der Waals surface area contributed by atoms with Crippen molar-refractivity contribution in [1.82, 2.24) is 5.32 Å². The first-order valence-corrected chi connectivity index (χ1v) is 6.36. The second kappa shape index (κ2) is 8.09. The Hall–Kier alpha value is -1.06. The summed E-state index contributed by atoms with van der Waals surface area (Å²) in [6, 6.07) is 8.29. The van der Waals surface area contributed by atoms with E-state index in [-0.39, 0.29) is 12.6 Å². The third kappa shape index (κ3) is 5.20. The number of rotatable bonds is 8. The Morgan fingerprint density at radius 2 is 1.94 bits per heavy atom. The van der Waals surface area contributed by atoms with Crippen LogP contribution in [0.25, 0.3) is 0 Å². The maximum Gasteiger partial charge on any atom is 0.119 e. The van der Waals surface area contributed by atoms with Gasteiger partial charge in [0, 0.05) is 12.6 Å². The molecule has 1 rings (SSSR count). The van der Waals surface area contributed by atoms with E-state index in [1.165, 1.54) is 5.56 Å². The highest BCUT2D eigenvalue weighted by molar-refractivity contribution is 5.27. The predicted octanol–water partition coefficient (Wildman–Crippen LogP) is 2.34. The third-order valence-corrected chi connectivity index (χ3v) is 2.70. The zero-order chi connectivity index (χ0) is 12.5. The molecule has 0 radical (unpaired) electrons. The Morgan fingerprint density at radius 1 is 1.24 bits per heavy atom. The van der Waals surface area contributed by atoms with Gasteiger partial charge in [0.15, 0.2) is 0 Å². The van der Waals surface area contributed by atoms with Gasteiger partial charge >= 0.3 is 0 Å². The Balaban J connectivity index is 2.39. The van der Waals surface area contributed by atoms with Crippen LogP contribution in [-0.2, 0) is 6.54 Å². The molecule has 0 aliphatic rings. The Morgan fingerprint density at radius 3 is 2.47 bits per heavy atom. The molecule has 0 saturated heterocycles. The summed E-state index contributed by atoms with van der Waals surface area (Å²) in [4.78, 5) is 0. The summed E-state index contributed by atoms with van der Waals surface area (Å²) in [7, 11) is 0. The van der Waals surface area contributed by atoms with Gasteiger partial charge in [-0.25, -0.2) is 0 Å². The lowest BCUT2D eigenvalue weighted by Gasteiger charge is -2.14. The summed E-state index contributed by atoms with van der Waals surface area (Å²) >= 11 is 0. The molecule has 2 N–H and O–H groups in total. The first kappa shape index (κ1) is 14.0. The molecule has 0 saturated carbocycles. The van der Waals surface area contributed by atoms with Gasteiger partial charge in [0.05, 0.1) is 13.2 Å². The van der Waals surface area contributed by atoms with Gasteiger partial charge in [0.25, 0.3) is 0 Å². The Bertz CT molecular complexity index is 294. The van der Waals surface area contributed by atoms with E-state index in [0.29, 0.717) is 0 Å². The van der Waals surface area contributed by atoms with Crippen molar-refractivity contribution in [2.75, 3.05) is 13.2 Å². The normalized spacial score (nSPS) is 12.4. The van der Waals surface area contributed by atoms with Gasteiger partial charge in [-0.3, -0.25) is 0 Å². The first-order valence-electron chi connectivity index (χ1n) is 6.36. The zero-order valence-corrected chi connectivity index (χ0v) is 10.8. The molecule has 1 atom stereocenters. The number of aliphatic hydroxyl groups excluding tert-OH is 1. The Kier molecular flexibility index (Phi) is 6.67. The number of ether oxygens (including phenoxy) is 1. The number of nitrogens with one attached hydrogen (secondary N) is 1. The molecule has 0 unspecified atom stereocenters. The third-order valence-electron chi connectivity index (χ3n) is 2.70. The van der Waals surface area contributed by atoms with Crippen molar-refractivity contribution in [1.29, 1.82) is 0 Å². The highest BCUT2D eigenvalue weighted by Gasteiger charge is 2.03. The van der Waals surface area contributed by atoms with Crippen LogP contribution in [0, 0.1) is 0 Å². The molecule has 3 nitrogen and oxygen atoms in total. The van der Waals surface area contributed by atoms with E-state index < -0.39 is 0 Å². The smallest absolute Gasteiger partial charge is 0.119 e. The van der Waals surface area contributed by atoms with Crippen LogP contribution in [0.1, 0.15) is 32.3 Å². The maximum atomic E-state index is 9.06. The molecule has 0 aliphatic heterocycles. The van der Waals surface area contributed by atoms with E-state index in [9.17, 15) is 0 Å². The van der Waals surface area contributed by atoms with E-state index >= 15 is 0 Å². The van der Waals surface area contributed by atoms with Gasteiger partial charge in [0.1, 0.15) is 5.75 Å². The molecule has 1 aromatic rings. The van der Waals surface area contributed by atoms with Crippen molar-refractivity contribution < 1.29 is 9.84 Å². The first-order chi connectivity index (χ1) is 8.30. The highest BCUT2D eigenvalue weighted by atomic mass is 16.5. The molecule has 96 valence electrons. The molecule has 0 heterocycles.